The minimum Gasteiger partial charge on any atom is -0.481 e. The Kier molecular flexibility index (Phi) is 4.89. The van der Waals surface area contributed by atoms with Crippen LogP contribution in [0.3, 0.4) is 0 Å². The van der Waals surface area contributed by atoms with Crippen LogP contribution < -0.4 is 0 Å². The van der Waals surface area contributed by atoms with Gasteiger partial charge >= 0.3 is 5.97 Å². The van der Waals surface area contributed by atoms with E-state index in [1.54, 1.807) is 17.0 Å². The number of hydrogen-bond donors (Lipinski definition) is 1. The third kappa shape index (κ3) is 3.87. The number of aryl methyl sites for hydroxylation is 1. The first-order valence-electron chi connectivity index (χ1n) is 6.01. The van der Waals surface area contributed by atoms with Gasteiger partial charge in [-0.15, -0.1) is 0 Å². The molecule has 0 aliphatic heterocycles. The summed E-state index contributed by atoms with van der Waals surface area (Å²) >= 11 is 0. The fourth-order valence-corrected chi connectivity index (χ4v) is 1.67. The normalized spacial score (nSPS) is 10.4. The van der Waals surface area contributed by atoms with E-state index in [4.69, 9.17) is 5.11 Å². The van der Waals surface area contributed by atoms with Crippen molar-refractivity contribution in [1.82, 2.24) is 4.90 Å². The molecule has 0 fully saturated rings. The van der Waals surface area contributed by atoms with Crippen molar-refractivity contribution in [2.45, 2.75) is 33.2 Å². The van der Waals surface area contributed by atoms with Crippen molar-refractivity contribution >= 4 is 11.9 Å². The Labute approximate surface area is 107 Å². The first kappa shape index (κ1) is 14.2. The molecule has 4 nitrogen and oxygen atoms in total. The predicted molar refractivity (Wildman–Crippen MR) is 69.6 cm³/mol. The SMILES string of the molecule is Cc1ccc(C(=O)N(CCC(=O)O)C(C)C)cc1. The quantitative estimate of drug-likeness (QED) is 0.871. The molecule has 1 aromatic rings. The van der Waals surface area contributed by atoms with Crippen LogP contribution in [0.15, 0.2) is 24.3 Å². The van der Waals surface area contributed by atoms with Crippen molar-refractivity contribution in [1.29, 1.82) is 0 Å². The molecule has 0 radical (unpaired) electrons. The summed E-state index contributed by atoms with van der Waals surface area (Å²) in [6, 6.07) is 7.28. The van der Waals surface area contributed by atoms with Crippen LogP contribution >= 0.6 is 0 Å². The molecular formula is C14H19NO3. The number of benzene rings is 1. The second-order valence-corrected chi connectivity index (χ2v) is 4.60. The van der Waals surface area contributed by atoms with Gasteiger partial charge in [0.25, 0.3) is 5.91 Å². The third-order valence-corrected chi connectivity index (χ3v) is 2.75. The third-order valence-electron chi connectivity index (χ3n) is 2.75. The molecular weight excluding hydrogens is 230 g/mol. The van der Waals surface area contributed by atoms with Crippen LogP contribution in [0, 0.1) is 6.92 Å². The zero-order chi connectivity index (χ0) is 13.7. The number of carboxylic acids is 1. The summed E-state index contributed by atoms with van der Waals surface area (Å²) in [4.78, 5) is 24.4. The lowest BCUT2D eigenvalue weighted by atomic mass is 10.1. The summed E-state index contributed by atoms with van der Waals surface area (Å²) in [7, 11) is 0. The molecule has 0 atom stereocenters. The van der Waals surface area contributed by atoms with E-state index in [0.29, 0.717) is 5.56 Å². The van der Waals surface area contributed by atoms with Gasteiger partial charge in [-0.3, -0.25) is 9.59 Å². The van der Waals surface area contributed by atoms with Crippen molar-refractivity contribution in [3.05, 3.63) is 35.4 Å². The molecule has 0 unspecified atom stereocenters. The van der Waals surface area contributed by atoms with Crippen LogP contribution in [0.4, 0.5) is 0 Å². The van der Waals surface area contributed by atoms with Gasteiger partial charge in [-0.2, -0.15) is 0 Å². The topological polar surface area (TPSA) is 57.6 Å². The summed E-state index contributed by atoms with van der Waals surface area (Å²) < 4.78 is 0. The molecule has 0 aliphatic carbocycles. The standard InChI is InChI=1S/C14H19NO3/c1-10(2)15(9-8-13(16)17)14(18)12-6-4-11(3)5-7-12/h4-7,10H,8-9H2,1-3H3,(H,16,17). The second kappa shape index (κ2) is 6.19. The summed E-state index contributed by atoms with van der Waals surface area (Å²) in [6.07, 6.45) is -0.0320. The molecule has 18 heavy (non-hydrogen) atoms. The highest BCUT2D eigenvalue weighted by molar-refractivity contribution is 5.94. The molecule has 4 heteroatoms. The minimum absolute atomic E-state index is 0.0156. The zero-order valence-corrected chi connectivity index (χ0v) is 11.0. The van der Waals surface area contributed by atoms with Crippen molar-refractivity contribution in [3.63, 3.8) is 0 Å². The molecule has 1 N–H and O–H groups in total. The van der Waals surface area contributed by atoms with E-state index in [0.717, 1.165) is 5.56 Å². The van der Waals surface area contributed by atoms with Crippen LogP contribution in [-0.4, -0.2) is 34.5 Å². The maximum Gasteiger partial charge on any atom is 0.305 e. The molecule has 1 aromatic carbocycles. The molecule has 0 bridgehead atoms. The van der Waals surface area contributed by atoms with Crippen molar-refractivity contribution in [2.75, 3.05) is 6.54 Å². The molecule has 0 heterocycles. The average Bonchev–Trinajstić information content (AvgIpc) is 2.29. The maximum absolute atomic E-state index is 12.2. The molecule has 1 rings (SSSR count). The maximum atomic E-state index is 12.2. The Bertz CT molecular complexity index is 423. The van der Waals surface area contributed by atoms with Crippen LogP contribution in [0.5, 0.6) is 0 Å². The Morgan fingerprint density at radius 2 is 1.78 bits per heavy atom. The van der Waals surface area contributed by atoms with E-state index in [1.807, 2.05) is 32.9 Å². The van der Waals surface area contributed by atoms with Gasteiger partial charge < -0.3 is 10.0 Å². The highest BCUT2D eigenvalue weighted by Crippen LogP contribution is 2.10. The van der Waals surface area contributed by atoms with Crippen molar-refractivity contribution in [3.8, 4) is 0 Å². The van der Waals surface area contributed by atoms with Crippen LogP contribution in [0.25, 0.3) is 0 Å². The molecule has 0 aromatic heterocycles. The van der Waals surface area contributed by atoms with E-state index < -0.39 is 5.97 Å². The van der Waals surface area contributed by atoms with Gasteiger partial charge in [-0.25, -0.2) is 0 Å². The number of amides is 1. The number of rotatable bonds is 5. The number of carbonyl (C=O) groups excluding carboxylic acids is 1. The summed E-state index contributed by atoms with van der Waals surface area (Å²) in [5.41, 5.74) is 1.69. The lowest BCUT2D eigenvalue weighted by Crippen LogP contribution is -2.38. The number of aliphatic carboxylic acids is 1. The largest absolute Gasteiger partial charge is 0.481 e. The predicted octanol–water partition coefficient (Wildman–Crippen LogP) is 2.32. The number of nitrogens with zero attached hydrogens (tertiary/aromatic N) is 1. The molecule has 0 saturated carbocycles. The van der Waals surface area contributed by atoms with E-state index in [-0.39, 0.29) is 24.9 Å². The Morgan fingerprint density at radius 1 is 1.22 bits per heavy atom. The summed E-state index contributed by atoms with van der Waals surface area (Å²) in [5.74, 6) is -1.01. The van der Waals surface area contributed by atoms with Gasteiger partial charge in [0.05, 0.1) is 6.42 Å². The lowest BCUT2D eigenvalue weighted by molar-refractivity contribution is -0.137. The summed E-state index contributed by atoms with van der Waals surface area (Å²) in [5, 5.41) is 8.69. The molecule has 0 spiro atoms. The van der Waals surface area contributed by atoms with E-state index >= 15 is 0 Å². The number of hydrogen-bond acceptors (Lipinski definition) is 2. The highest BCUT2D eigenvalue weighted by atomic mass is 16.4. The number of carboxylic acid groups (broad SMARTS) is 1. The molecule has 0 aliphatic rings. The zero-order valence-electron chi connectivity index (χ0n) is 11.0. The average molecular weight is 249 g/mol. The van der Waals surface area contributed by atoms with Crippen LogP contribution in [0.2, 0.25) is 0 Å². The molecule has 98 valence electrons. The van der Waals surface area contributed by atoms with E-state index in [9.17, 15) is 9.59 Å². The monoisotopic (exact) mass is 249 g/mol. The van der Waals surface area contributed by atoms with E-state index in [1.165, 1.54) is 0 Å². The van der Waals surface area contributed by atoms with Gasteiger partial charge in [-0.05, 0) is 32.9 Å². The smallest absolute Gasteiger partial charge is 0.305 e. The Morgan fingerprint density at radius 3 is 2.22 bits per heavy atom. The fraction of sp³-hybridized carbons (Fsp3) is 0.429. The van der Waals surface area contributed by atoms with Gasteiger partial charge in [0, 0.05) is 18.2 Å². The Balaban J connectivity index is 2.82. The Hall–Kier alpha value is -1.84. The second-order valence-electron chi connectivity index (χ2n) is 4.60. The van der Waals surface area contributed by atoms with Crippen LogP contribution in [-0.2, 0) is 4.79 Å². The number of carbonyl (C=O) groups is 2. The fourth-order valence-electron chi connectivity index (χ4n) is 1.67. The summed E-state index contributed by atoms with van der Waals surface area (Å²) in [6.45, 7) is 5.96. The lowest BCUT2D eigenvalue weighted by Gasteiger charge is -2.26. The van der Waals surface area contributed by atoms with Gasteiger partial charge in [0.1, 0.15) is 0 Å². The van der Waals surface area contributed by atoms with E-state index in [2.05, 4.69) is 0 Å². The van der Waals surface area contributed by atoms with Gasteiger partial charge in [0.2, 0.25) is 0 Å². The minimum atomic E-state index is -0.891. The van der Waals surface area contributed by atoms with Gasteiger partial charge in [-0.1, -0.05) is 17.7 Å². The van der Waals surface area contributed by atoms with Crippen molar-refractivity contribution < 1.29 is 14.7 Å². The highest BCUT2D eigenvalue weighted by Gasteiger charge is 2.19. The van der Waals surface area contributed by atoms with Gasteiger partial charge in [0.15, 0.2) is 0 Å². The first-order valence-corrected chi connectivity index (χ1v) is 6.01. The van der Waals surface area contributed by atoms with Crippen LogP contribution in [0.1, 0.15) is 36.2 Å². The molecule has 0 saturated heterocycles. The first-order chi connectivity index (χ1) is 8.41. The van der Waals surface area contributed by atoms with Crippen molar-refractivity contribution in [2.24, 2.45) is 0 Å². The molecule has 1 amide bonds.